The van der Waals surface area contributed by atoms with Gasteiger partial charge in [-0.15, -0.1) is 0 Å². The van der Waals surface area contributed by atoms with E-state index < -0.39 is 10.0 Å². The highest BCUT2D eigenvalue weighted by Gasteiger charge is 2.21. The van der Waals surface area contributed by atoms with Gasteiger partial charge in [0.25, 0.3) is 0 Å². The first kappa shape index (κ1) is 14.3. The van der Waals surface area contributed by atoms with Crippen LogP contribution in [0.15, 0.2) is 21.5 Å². The Balaban J connectivity index is 3.23. The zero-order valence-electron chi connectivity index (χ0n) is 8.43. The fourth-order valence-corrected chi connectivity index (χ4v) is 4.16. The van der Waals surface area contributed by atoms with Crippen LogP contribution >= 0.6 is 39.1 Å². The van der Waals surface area contributed by atoms with E-state index in [0.717, 1.165) is 0 Å². The molecule has 1 aromatic carbocycles. The lowest BCUT2D eigenvalue weighted by Gasteiger charge is -2.09. The summed E-state index contributed by atoms with van der Waals surface area (Å²) < 4.78 is 26.7. The van der Waals surface area contributed by atoms with Crippen LogP contribution in [0.1, 0.15) is 13.3 Å². The molecule has 0 aliphatic carbocycles. The van der Waals surface area contributed by atoms with Crippen molar-refractivity contribution in [3.05, 3.63) is 26.7 Å². The molecule has 0 saturated carbocycles. The third kappa shape index (κ3) is 3.34. The molecule has 0 heterocycles. The lowest BCUT2D eigenvalue weighted by Crippen LogP contribution is -2.25. The molecule has 0 unspecified atom stereocenters. The highest BCUT2D eigenvalue weighted by atomic mass is 79.9. The molecule has 0 bridgehead atoms. The predicted octanol–water partition coefficient (Wildman–Crippen LogP) is 3.44. The summed E-state index contributed by atoms with van der Waals surface area (Å²) in [6.45, 7) is 2.22. The van der Waals surface area contributed by atoms with Crippen molar-refractivity contribution in [1.82, 2.24) is 4.72 Å². The summed E-state index contributed by atoms with van der Waals surface area (Å²) in [6.07, 6.45) is 0.699. The number of sulfonamides is 1. The van der Waals surface area contributed by atoms with Gasteiger partial charge in [0.1, 0.15) is 4.90 Å². The molecule has 1 aromatic rings. The Hall–Kier alpha value is 0.190. The fraction of sp³-hybridized carbons (Fsp3) is 0.333. The van der Waals surface area contributed by atoms with E-state index in [1.807, 2.05) is 6.92 Å². The molecular weight excluding hydrogens is 337 g/mol. The van der Waals surface area contributed by atoms with Gasteiger partial charge in [-0.1, -0.05) is 46.1 Å². The average Bonchev–Trinajstić information content (AvgIpc) is 2.12. The van der Waals surface area contributed by atoms with E-state index in [1.54, 1.807) is 0 Å². The number of nitrogens with one attached hydrogen (secondary N) is 1. The summed E-state index contributed by atoms with van der Waals surface area (Å²) in [7, 11) is -3.64. The van der Waals surface area contributed by atoms with Crippen molar-refractivity contribution < 1.29 is 8.42 Å². The summed E-state index contributed by atoms with van der Waals surface area (Å²) in [5.74, 6) is 0. The first-order valence-electron chi connectivity index (χ1n) is 4.52. The summed E-state index contributed by atoms with van der Waals surface area (Å²) in [6, 6.07) is 2.99. The normalized spacial score (nSPS) is 11.8. The molecule has 0 saturated heterocycles. The largest absolute Gasteiger partial charge is 0.243 e. The lowest BCUT2D eigenvalue weighted by atomic mass is 10.4. The maximum absolute atomic E-state index is 11.8. The summed E-state index contributed by atoms with van der Waals surface area (Å²) in [4.78, 5) is -0.0764. The summed E-state index contributed by atoms with van der Waals surface area (Å²) in [5.41, 5.74) is 0. The van der Waals surface area contributed by atoms with Crippen molar-refractivity contribution in [2.24, 2.45) is 0 Å². The van der Waals surface area contributed by atoms with Crippen molar-refractivity contribution >= 4 is 49.2 Å². The van der Waals surface area contributed by atoms with Crippen LogP contribution in [0, 0.1) is 0 Å². The smallest absolute Gasteiger partial charge is 0.211 e. The van der Waals surface area contributed by atoms with Gasteiger partial charge in [-0.3, -0.25) is 0 Å². The van der Waals surface area contributed by atoms with E-state index in [1.165, 1.54) is 12.1 Å². The quantitative estimate of drug-likeness (QED) is 0.907. The first-order valence-corrected chi connectivity index (χ1v) is 7.56. The molecule has 0 radical (unpaired) electrons. The Morgan fingerprint density at radius 1 is 1.31 bits per heavy atom. The number of hydrogen-bond donors (Lipinski definition) is 1. The van der Waals surface area contributed by atoms with Crippen LogP contribution in [0.4, 0.5) is 0 Å². The Morgan fingerprint density at radius 2 is 1.81 bits per heavy atom. The van der Waals surface area contributed by atoms with Gasteiger partial charge in [0.2, 0.25) is 10.0 Å². The highest BCUT2D eigenvalue weighted by Crippen LogP contribution is 2.32. The minimum absolute atomic E-state index is 0.0764. The van der Waals surface area contributed by atoms with Crippen LogP contribution in [0.3, 0.4) is 0 Å². The first-order chi connectivity index (χ1) is 7.38. The van der Waals surface area contributed by atoms with Crippen LogP contribution in [0.2, 0.25) is 10.0 Å². The summed E-state index contributed by atoms with van der Waals surface area (Å²) in [5, 5.41) is 0.200. The van der Waals surface area contributed by atoms with E-state index in [-0.39, 0.29) is 14.9 Å². The van der Waals surface area contributed by atoms with E-state index >= 15 is 0 Å². The fourth-order valence-electron chi connectivity index (χ4n) is 1.09. The van der Waals surface area contributed by atoms with Crippen LogP contribution in [-0.4, -0.2) is 15.0 Å². The molecular formula is C9H10BrCl2NO2S. The zero-order chi connectivity index (χ0) is 12.3. The Labute approximate surface area is 113 Å². The maximum atomic E-state index is 11.8. The number of benzene rings is 1. The molecule has 0 spiro atoms. The predicted molar refractivity (Wildman–Crippen MR) is 69.6 cm³/mol. The van der Waals surface area contributed by atoms with Gasteiger partial charge in [-0.2, -0.15) is 0 Å². The minimum Gasteiger partial charge on any atom is -0.211 e. The van der Waals surface area contributed by atoms with E-state index in [4.69, 9.17) is 23.2 Å². The molecule has 0 atom stereocenters. The van der Waals surface area contributed by atoms with Crippen LogP contribution < -0.4 is 4.72 Å². The van der Waals surface area contributed by atoms with Crippen LogP contribution in [0.25, 0.3) is 0 Å². The second kappa shape index (κ2) is 5.69. The molecule has 0 amide bonds. The van der Waals surface area contributed by atoms with Gasteiger partial charge < -0.3 is 0 Å². The maximum Gasteiger partial charge on any atom is 0.243 e. The van der Waals surface area contributed by atoms with Crippen LogP contribution in [-0.2, 0) is 10.0 Å². The minimum atomic E-state index is -3.64. The third-order valence-corrected chi connectivity index (χ3v) is 4.61. The molecule has 16 heavy (non-hydrogen) atoms. The standard InChI is InChI=1S/C9H10BrCl2NO2S/c1-2-3-13-16(14,15)9-7(11)4-6(10)5-8(9)12/h4-5,13H,2-3H2,1H3. The van der Waals surface area contributed by atoms with Crippen molar-refractivity contribution in [3.8, 4) is 0 Å². The van der Waals surface area contributed by atoms with Gasteiger partial charge in [0.15, 0.2) is 0 Å². The second-order valence-corrected chi connectivity index (χ2v) is 6.53. The SMILES string of the molecule is CCCNS(=O)(=O)c1c(Cl)cc(Br)cc1Cl. The van der Waals surface area contributed by atoms with Crippen molar-refractivity contribution in [2.45, 2.75) is 18.2 Å². The third-order valence-electron chi connectivity index (χ3n) is 1.77. The Bertz CT molecular complexity index is 467. The van der Waals surface area contributed by atoms with Crippen molar-refractivity contribution in [3.63, 3.8) is 0 Å². The number of halogens is 3. The molecule has 0 fully saturated rings. The molecule has 0 aromatic heterocycles. The lowest BCUT2D eigenvalue weighted by molar-refractivity contribution is 0.581. The molecule has 0 aliphatic heterocycles. The van der Waals surface area contributed by atoms with Gasteiger partial charge in [0.05, 0.1) is 10.0 Å². The molecule has 3 nitrogen and oxygen atoms in total. The van der Waals surface area contributed by atoms with Gasteiger partial charge >= 0.3 is 0 Å². The second-order valence-electron chi connectivity index (χ2n) is 3.10. The van der Waals surface area contributed by atoms with E-state index in [0.29, 0.717) is 17.4 Å². The average molecular weight is 347 g/mol. The van der Waals surface area contributed by atoms with Crippen molar-refractivity contribution in [1.29, 1.82) is 0 Å². The van der Waals surface area contributed by atoms with E-state index in [9.17, 15) is 8.42 Å². The summed E-state index contributed by atoms with van der Waals surface area (Å²) >= 11 is 14.9. The number of rotatable bonds is 4. The zero-order valence-corrected chi connectivity index (χ0v) is 12.3. The topological polar surface area (TPSA) is 46.2 Å². The number of hydrogen-bond acceptors (Lipinski definition) is 2. The van der Waals surface area contributed by atoms with Gasteiger partial charge in [-0.05, 0) is 18.6 Å². The molecule has 0 aliphatic rings. The Kier molecular flexibility index (Phi) is 5.07. The van der Waals surface area contributed by atoms with E-state index in [2.05, 4.69) is 20.7 Å². The monoisotopic (exact) mass is 345 g/mol. The molecule has 1 rings (SSSR count). The molecule has 90 valence electrons. The van der Waals surface area contributed by atoms with Crippen molar-refractivity contribution in [2.75, 3.05) is 6.54 Å². The van der Waals surface area contributed by atoms with Gasteiger partial charge in [-0.25, -0.2) is 13.1 Å². The molecule has 7 heteroatoms. The Morgan fingerprint density at radius 3 is 2.25 bits per heavy atom. The van der Waals surface area contributed by atoms with Crippen LogP contribution in [0.5, 0.6) is 0 Å². The molecule has 1 N–H and O–H groups in total. The highest BCUT2D eigenvalue weighted by molar-refractivity contribution is 9.10. The van der Waals surface area contributed by atoms with Gasteiger partial charge in [0, 0.05) is 11.0 Å².